The lowest BCUT2D eigenvalue weighted by atomic mass is 9.95. The van der Waals surface area contributed by atoms with Crippen molar-refractivity contribution in [2.45, 2.75) is 0 Å². The van der Waals surface area contributed by atoms with E-state index in [-0.39, 0.29) is 0 Å². The molecule has 0 fully saturated rings. The number of rotatable bonds is 5. The van der Waals surface area contributed by atoms with E-state index in [1.165, 1.54) is 0 Å². The van der Waals surface area contributed by atoms with Crippen molar-refractivity contribution >= 4 is 15.9 Å². The Morgan fingerprint density at radius 1 is 0.351 bits per heavy atom. The molecule has 1 aromatic heterocycles. The summed E-state index contributed by atoms with van der Waals surface area (Å²) in [6.45, 7) is 0. The molecule has 176 valence electrons. The molecule has 0 aliphatic carbocycles. The number of aromatic nitrogens is 2. The highest BCUT2D eigenvalue weighted by molar-refractivity contribution is 9.10. The number of hydrogen-bond acceptors (Lipinski definition) is 2. The molecule has 6 rings (SSSR count). The van der Waals surface area contributed by atoms with Gasteiger partial charge in [0.25, 0.3) is 0 Å². The fraction of sp³-hybridized carbons (Fsp3) is 0. The van der Waals surface area contributed by atoms with Crippen LogP contribution < -0.4 is 0 Å². The summed E-state index contributed by atoms with van der Waals surface area (Å²) in [4.78, 5) is 10.1. The summed E-state index contributed by atoms with van der Waals surface area (Å²) >= 11 is 3.61. The molecule has 0 bridgehead atoms. The average Bonchev–Trinajstić information content (AvgIpc) is 2.98. The standard InChI is InChI=1S/C34H23BrN2/c35-31-18-10-17-27(22-31)33-23-32(26-15-8-3-9-16-26)36-34(37-33)30-20-28(24-11-4-1-5-12-24)19-29(21-30)25-13-6-2-7-14-25/h1-23H. The van der Waals surface area contributed by atoms with E-state index >= 15 is 0 Å². The Hall–Kier alpha value is -4.34. The first-order chi connectivity index (χ1) is 18.2. The Morgan fingerprint density at radius 3 is 1.35 bits per heavy atom. The Labute approximate surface area is 225 Å². The third-order valence-corrected chi connectivity index (χ3v) is 6.81. The molecule has 37 heavy (non-hydrogen) atoms. The number of benzene rings is 5. The molecular formula is C34H23BrN2. The van der Waals surface area contributed by atoms with Gasteiger partial charge >= 0.3 is 0 Å². The first kappa shape index (κ1) is 23.1. The van der Waals surface area contributed by atoms with Crippen LogP contribution in [0, 0.1) is 0 Å². The SMILES string of the molecule is Brc1cccc(-c2cc(-c3ccccc3)nc(-c3cc(-c4ccccc4)cc(-c4ccccc4)c3)n2)c1. The Bertz CT molecular complexity index is 1610. The molecule has 0 radical (unpaired) electrons. The Kier molecular flexibility index (Phi) is 6.45. The first-order valence-corrected chi connectivity index (χ1v) is 13.0. The summed E-state index contributed by atoms with van der Waals surface area (Å²) < 4.78 is 1.02. The quantitative estimate of drug-likeness (QED) is 0.218. The first-order valence-electron chi connectivity index (χ1n) is 12.2. The van der Waals surface area contributed by atoms with Crippen LogP contribution in [0.4, 0.5) is 0 Å². The summed E-state index contributed by atoms with van der Waals surface area (Å²) in [6.07, 6.45) is 0. The third kappa shape index (κ3) is 5.13. The fourth-order valence-electron chi connectivity index (χ4n) is 4.48. The van der Waals surface area contributed by atoms with Gasteiger partial charge in [0.05, 0.1) is 11.4 Å². The Morgan fingerprint density at radius 2 is 0.811 bits per heavy atom. The van der Waals surface area contributed by atoms with Gasteiger partial charge in [-0.25, -0.2) is 9.97 Å². The zero-order valence-electron chi connectivity index (χ0n) is 20.1. The summed E-state index contributed by atoms with van der Waals surface area (Å²) in [7, 11) is 0. The largest absolute Gasteiger partial charge is 0.228 e. The van der Waals surface area contributed by atoms with Gasteiger partial charge in [-0.15, -0.1) is 0 Å². The van der Waals surface area contributed by atoms with Gasteiger partial charge in [0, 0.05) is 21.2 Å². The molecule has 0 aliphatic rings. The summed E-state index contributed by atoms with van der Waals surface area (Å²) in [5, 5.41) is 0. The minimum Gasteiger partial charge on any atom is -0.228 e. The van der Waals surface area contributed by atoms with Gasteiger partial charge in [-0.05, 0) is 58.7 Å². The molecule has 1 heterocycles. The van der Waals surface area contributed by atoms with E-state index in [0.29, 0.717) is 5.82 Å². The van der Waals surface area contributed by atoms with Crippen LogP contribution in [0.25, 0.3) is 56.2 Å². The molecule has 3 heteroatoms. The van der Waals surface area contributed by atoms with E-state index in [2.05, 4.69) is 113 Å². The zero-order valence-corrected chi connectivity index (χ0v) is 21.6. The average molecular weight is 539 g/mol. The molecule has 0 unspecified atom stereocenters. The van der Waals surface area contributed by atoms with Crippen molar-refractivity contribution in [1.82, 2.24) is 9.97 Å². The van der Waals surface area contributed by atoms with Crippen molar-refractivity contribution in [3.8, 4) is 56.2 Å². The van der Waals surface area contributed by atoms with Gasteiger partial charge in [-0.3, -0.25) is 0 Å². The maximum atomic E-state index is 5.08. The van der Waals surface area contributed by atoms with Crippen LogP contribution in [0.15, 0.2) is 144 Å². The lowest BCUT2D eigenvalue weighted by Crippen LogP contribution is -1.97. The number of nitrogens with zero attached hydrogens (tertiary/aromatic N) is 2. The van der Waals surface area contributed by atoms with Gasteiger partial charge in [0.15, 0.2) is 5.82 Å². The van der Waals surface area contributed by atoms with E-state index in [1.807, 2.05) is 42.5 Å². The summed E-state index contributed by atoms with van der Waals surface area (Å²) in [5.74, 6) is 0.700. The minimum absolute atomic E-state index is 0.700. The maximum absolute atomic E-state index is 5.08. The number of hydrogen-bond donors (Lipinski definition) is 0. The van der Waals surface area contributed by atoms with E-state index in [1.54, 1.807) is 0 Å². The van der Waals surface area contributed by atoms with Crippen molar-refractivity contribution in [1.29, 1.82) is 0 Å². The molecule has 0 N–H and O–H groups in total. The molecule has 0 atom stereocenters. The normalized spacial score (nSPS) is 10.8. The summed E-state index contributed by atoms with van der Waals surface area (Å²) in [6, 6.07) is 48.2. The number of halogens is 1. The highest BCUT2D eigenvalue weighted by Crippen LogP contribution is 2.34. The minimum atomic E-state index is 0.700. The van der Waals surface area contributed by atoms with Crippen molar-refractivity contribution in [3.63, 3.8) is 0 Å². The van der Waals surface area contributed by atoms with E-state index in [0.717, 1.165) is 54.8 Å². The van der Waals surface area contributed by atoms with Crippen LogP contribution in [0.5, 0.6) is 0 Å². The molecule has 6 aromatic rings. The predicted octanol–water partition coefficient (Wildman–Crippen LogP) is 9.57. The molecule has 0 aliphatic heterocycles. The fourth-order valence-corrected chi connectivity index (χ4v) is 4.88. The highest BCUT2D eigenvalue weighted by Gasteiger charge is 2.13. The van der Waals surface area contributed by atoms with Crippen LogP contribution in [-0.2, 0) is 0 Å². The monoisotopic (exact) mass is 538 g/mol. The van der Waals surface area contributed by atoms with Crippen LogP contribution >= 0.6 is 15.9 Å². The second-order valence-electron chi connectivity index (χ2n) is 8.87. The van der Waals surface area contributed by atoms with Crippen molar-refractivity contribution < 1.29 is 0 Å². The van der Waals surface area contributed by atoms with E-state index < -0.39 is 0 Å². The van der Waals surface area contributed by atoms with Crippen molar-refractivity contribution in [3.05, 3.63) is 144 Å². The summed E-state index contributed by atoms with van der Waals surface area (Å²) in [5.41, 5.74) is 9.45. The zero-order chi connectivity index (χ0) is 25.0. The predicted molar refractivity (Wildman–Crippen MR) is 157 cm³/mol. The molecule has 0 amide bonds. The molecule has 5 aromatic carbocycles. The Balaban J connectivity index is 1.59. The van der Waals surface area contributed by atoms with Gasteiger partial charge in [-0.2, -0.15) is 0 Å². The van der Waals surface area contributed by atoms with Gasteiger partial charge in [0.2, 0.25) is 0 Å². The molecule has 2 nitrogen and oxygen atoms in total. The lowest BCUT2D eigenvalue weighted by molar-refractivity contribution is 1.18. The van der Waals surface area contributed by atoms with Gasteiger partial charge < -0.3 is 0 Å². The second kappa shape index (κ2) is 10.3. The third-order valence-electron chi connectivity index (χ3n) is 6.32. The molecule has 0 saturated heterocycles. The van der Waals surface area contributed by atoms with Crippen molar-refractivity contribution in [2.24, 2.45) is 0 Å². The topological polar surface area (TPSA) is 25.8 Å². The van der Waals surface area contributed by atoms with Gasteiger partial charge in [-0.1, -0.05) is 119 Å². The lowest BCUT2D eigenvalue weighted by Gasteiger charge is -2.13. The highest BCUT2D eigenvalue weighted by atomic mass is 79.9. The molecular weight excluding hydrogens is 516 g/mol. The van der Waals surface area contributed by atoms with Crippen LogP contribution in [0.3, 0.4) is 0 Å². The molecule has 0 saturated carbocycles. The van der Waals surface area contributed by atoms with Crippen molar-refractivity contribution in [2.75, 3.05) is 0 Å². The van der Waals surface area contributed by atoms with Crippen LogP contribution in [0.2, 0.25) is 0 Å². The van der Waals surface area contributed by atoms with Crippen LogP contribution in [0.1, 0.15) is 0 Å². The van der Waals surface area contributed by atoms with E-state index in [9.17, 15) is 0 Å². The van der Waals surface area contributed by atoms with Crippen LogP contribution in [-0.4, -0.2) is 9.97 Å². The van der Waals surface area contributed by atoms with Gasteiger partial charge in [0.1, 0.15) is 0 Å². The smallest absolute Gasteiger partial charge is 0.160 e. The second-order valence-corrected chi connectivity index (χ2v) is 9.79. The molecule has 0 spiro atoms. The maximum Gasteiger partial charge on any atom is 0.160 e. The van der Waals surface area contributed by atoms with E-state index in [4.69, 9.17) is 9.97 Å².